The summed E-state index contributed by atoms with van der Waals surface area (Å²) in [5.41, 5.74) is 3.39. The first-order valence-corrected chi connectivity index (χ1v) is 10.3. The average Bonchev–Trinajstić information content (AvgIpc) is 3.24. The van der Waals surface area contributed by atoms with E-state index in [1.165, 1.54) is 5.56 Å². The van der Waals surface area contributed by atoms with E-state index in [0.717, 1.165) is 10.4 Å². The van der Waals surface area contributed by atoms with Crippen molar-refractivity contribution in [3.8, 4) is 0 Å². The maximum atomic E-state index is 12.7. The van der Waals surface area contributed by atoms with Crippen molar-refractivity contribution >= 4 is 28.8 Å². The Labute approximate surface area is 175 Å². The predicted molar refractivity (Wildman–Crippen MR) is 118 cm³/mol. The van der Waals surface area contributed by atoms with Gasteiger partial charge in [0.15, 0.2) is 0 Å². The van der Waals surface area contributed by atoms with Crippen LogP contribution in [0.25, 0.3) is 0 Å². The molecule has 0 aliphatic carbocycles. The van der Waals surface area contributed by atoms with E-state index in [2.05, 4.69) is 10.6 Å². The highest BCUT2D eigenvalue weighted by Crippen LogP contribution is 2.16. The van der Waals surface area contributed by atoms with Gasteiger partial charge in [0.1, 0.15) is 0 Å². The number of hydrogen-bond acceptors (Lipinski definition) is 4. The van der Waals surface area contributed by atoms with Gasteiger partial charge in [-0.05, 0) is 36.1 Å². The summed E-state index contributed by atoms with van der Waals surface area (Å²) in [5, 5.41) is 8.05. The minimum atomic E-state index is -0.173. The van der Waals surface area contributed by atoms with Gasteiger partial charge in [-0.1, -0.05) is 48.0 Å². The van der Waals surface area contributed by atoms with Gasteiger partial charge in [0, 0.05) is 24.2 Å². The first-order valence-electron chi connectivity index (χ1n) is 9.46. The van der Waals surface area contributed by atoms with Crippen LogP contribution in [0.5, 0.6) is 0 Å². The number of anilines is 1. The van der Waals surface area contributed by atoms with Gasteiger partial charge in [0.2, 0.25) is 5.91 Å². The molecule has 2 amide bonds. The molecule has 6 heteroatoms. The van der Waals surface area contributed by atoms with Crippen LogP contribution in [-0.4, -0.2) is 30.3 Å². The Hall–Kier alpha value is -3.12. The Balaban J connectivity index is 1.57. The molecule has 1 aromatic heterocycles. The summed E-state index contributed by atoms with van der Waals surface area (Å²) >= 11 is 1.63. The number of aryl methyl sites for hydroxylation is 1. The maximum absolute atomic E-state index is 12.7. The van der Waals surface area contributed by atoms with E-state index in [1.807, 2.05) is 66.9 Å². The molecule has 2 N–H and O–H groups in total. The van der Waals surface area contributed by atoms with Crippen LogP contribution in [0.2, 0.25) is 0 Å². The number of benzene rings is 2. The predicted octanol–water partition coefficient (Wildman–Crippen LogP) is 4.06. The SMILES string of the molecule is Cc1ccc(CNC(=O)c2ccccc2NCC(=O)N(C)Cc2cccs2)cc1. The number of carbonyl (C=O) groups excluding carboxylic acids is 2. The standard InChI is InChI=1S/C23H25N3O2S/c1-17-9-11-18(12-10-17)14-25-23(28)20-7-3-4-8-21(20)24-15-22(27)26(2)16-19-6-5-13-29-19/h3-13,24H,14-16H2,1-2H3,(H,25,28). The highest BCUT2D eigenvalue weighted by atomic mass is 32.1. The summed E-state index contributed by atoms with van der Waals surface area (Å²) in [6, 6.07) is 19.3. The smallest absolute Gasteiger partial charge is 0.253 e. The van der Waals surface area contributed by atoms with Gasteiger partial charge in [-0.25, -0.2) is 0 Å². The fraction of sp³-hybridized carbons (Fsp3) is 0.217. The van der Waals surface area contributed by atoms with E-state index in [4.69, 9.17) is 0 Å². The van der Waals surface area contributed by atoms with Crippen molar-refractivity contribution in [1.29, 1.82) is 0 Å². The zero-order chi connectivity index (χ0) is 20.6. The molecule has 0 atom stereocenters. The molecule has 0 unspecified atom stereocenters. The molecule has 0 aliphatic rings. The number of hydrogen-bond donors (Lipinski definition) is 2. The zero-order valence-electron chi connectivity index (χ0n) is 16.6. The molecule has 0 fully saturated rings. The molecule has 0 radical (unpaired) electrons. The van der Waals surface area contributed by atoms with E-state index < -0.39 is 0 Å². The summed E-state index contributed by atoms with van der Waals surface area (Å²) in [7, 11) is 1.78. The Morgan fingerprint density at radius 2 is 1.76 bits per heavy atom. The average molecular weight is 408 g/mol. The van der Waals surface area contributed by atoms with Crippen LogP contribution >= 0.6 is 11.3 Å². The molecule has 29 heavy (non-hydrogen) atoms. The third-order valence-corrected chi connectivity index (χ3v) is 5.44. The molecule has 0 saturated carbocycles. The quantitative estimate of drug-likeness (QED) is 0.592. The molecular formula is C23H25N3O2S. The van der Waals surface area contributed by atoms with Crippen LogP contribution in [0, 0.1) is 6.92 Å². The number of nitrogens with one attached hydrogen (secondary N) is 2. The number of para-hydroxylation sites is 1. The van der Waals surface area contributed by atoms with Crippen LogP contribution in [-0.2, 0) is 17.9 Å². The van der Waals surface area contributed by atoms with Gasteiger partial charge in [-0.2, -0.15) is 0 Å². The topological polar surface area (TPSA) is 61.4 Å². The number of carbonyl (C=O) groups is 2. The summed E-state index contributed by atoms with van der Waals surface area (Å²) < 4.78 is 0. The van der Waals surface area contributed by atoms with Crippen LogP contribution in [0.3, 0.4) is 0 Å². The fourth-order valence-electron chi connectivity index (χ4n) is 2.85. The lowest BCUT2D eigenvalue weighted by Gasteiger charge is -2.18. The van der Waals surface area contributed by atoms with Gasteiger partial charge >= 0.3 is 0 Å². The summed E-state index contributed by atoms with van der Waals surface area (Å²) in [6.45, 7) is 3.19. The van der Waals surface area contributed by atoms with Crippen LogP contribution < -0.4 is 10.6 Å². The Bertz CT molecular complexity index is 953. The number of amides is 2. The Morgan fingerprint density at radius 3 is 2.48 bits per heavy atom. The van der Waals surface area contributed by atoms with Gasteiger partial charge in [0.05, 0.1) is 18.7 Å². The molecule has 2 aromatic carbocycles. The summed E-state index contributed by atoms with van der Waals surface area (Å²) in [6.07, 6.45) is 0. The number of likely N-dealkylation sites (N-methyl/N-ethyl adjacent to an activating group) is 1. The second kappa shape index (κ2) is 9.89. The first kappa shape index (κ1) is 20.6. The number of rotatable bonds is 8. The second-order valence-corrected chi connectivity index (χ2v) is 7.93. The molecule has 1 heterocycles. The highest BCUT2D eigenvalue weighted by Gasteiger charge is 2.14. The lowest BCUT2D eigenvalue weighted by molar-refractivity contribution is -0.128. The van der Waals surface area contributed by atoms with Crippen molar-refractivity contribution in [1.82, 2.24) is 10.2 Å². The summed E-state index contributed by atoms with van der Waals surface area (Å²) in [5.74, 6) is -0.207. The Kier molecular flexibility index (Phi) is 7.03. The first-order chi connectivity index (χ1) is 14.0. The largest absolute Gasteiger partial charge is 0.376 e. The third kappa shape index (κ3) is 5.93. The van der Waals surface area contributed by atoms with Crippen molar-refractivity contribution in [3.05, 3.63) is 87.6 Å². The lowest BCUT2D eigenvalue weighted by atomic mass is 10.1. The van der Waals surface area contributed by atoms with E-state index in [9.17, 15) is 9.59 Å². The fourth-order valence-corrected chi connectivity index (χ4v) is 3.61. The van der Waals surface area contributed by atoms with Crippen molar-refractivity contribution in [2.24, 2.45) is 0 Å². The molecular weight excluding hydrogens is 382 g/mol. The van der Waals surface area contributed by atoms with Gasteiger partial charge in [-0.15, -0.1) is 11.3 Å². The van der Waals surface area contributed by atoms with Gasteiger partial charge in [-0.3, -0.25) is 9.59 Å². The molecule has 5 nitrogen and oxygen atoms in total. The molecule has 150 valence electrons. The number of nitrogens with zero attached hydrogens (tertiary/aromatic N) is 1. The minimum absolute atomic E-state index is 0.0340. The molecule has 3 aromatic rings. The highest BCUT2D eigenvalue weighted by molar-refractivity contribution is 7.09. The van der Waals surface area contributed by atoms with Gasteiger partial charge < -0.3 is 15.5 Å². The molecule has 0 bridgehead atoms. The number of thiophene rings is 1. The molecule has 0 saturated heterocycles. The summed E-state index contributed by atoms with van der Waals surface area (Å²) in [4.78, 5) is 27.9. The van der Waals surface area contributed by atoms with Crippen LogP contribution in [0.1, 0.15) is 26.4 Å². The molecule has 3 rings (SSSR count). The van der Waals surface area contributed by atoms with E-state index in [1.54, 1.807) is 29.4 Å². The monoisotopic (exact) mass is 407 g/mol. The van der Waals surface area contributed by atoms with Gasteiger partial charge in [0.25, 0.3) is 5.91 Å². The molecule has 0 aliphatic heterocycles. The van der Waals surface area contributed by atoms with Crippen LogP contribution in [0.4, 0.5) is 5.69 Å². The van der Waals surface area contributed by atoms with Crippen molar-refractivity contribution in [2.75, 3.05) is 18.9 Å². The van der Waals surface area contributed by atoms with E-state index in [0.29, 0.717) is 24.3 Å². The zero-order valence-corrected chi connectivity index (χ0v) is 17.5. The molecule has 0 spiro atoms. The van der Waals surface area contributed by atoms with Crippen LogP contribution in [0.15, 0.2) is 66.0 Å². The lowest BCUT2D eigenvalue weighted by Crippen LogP contribution is -2.32. The van der Waals surface area contributed by atoms with Crippen molar-refractivity contribution < 1.29 is 9.59 Å². The normalized spacial score (nSPS) is 10.4. The second-order valence-electron chi connectivity index (χ2n) is 6.90. The van der Waals surface area contributed by atoms with Crippen molar-refractivity contribution in [3.63, 3.8) is 0 Å². The maximum Gasteiger partial charge on any atom is 0.253 e. The third-order valence-electron chi connectivity index (χ3n) is 4.57. The van der Waals surface area contributed by atoms with E-state index >= 15 is 0 Å². The van der Waals surface area contributed by atoms with E-state index in [-0.39, 0.29) is 18.4 Å². The minimum Gasteiger partial charge on any atom is -0.376 e. The Morgan fingerprint density at radius 1 is 1.00 bits per heavy atom. The van der Waals surface area contributed by atoms with Crippen molar-refractivity contribution in [2.45, 2.75) is 20.0 Å².